The van der Waals surface area contributed by atoms with Crippen molar-refractivity contribution < 1.29 is 28.2 Å². The summed E-state index contributed by atoms with van der Waals surface area (Å²) in [7, 11) is -0.590. The van der Waals surface area contributed by atoms with Crippen molar-refractivity contribution in [1.29, 1.82) is 0 Å². The van der Waals surface area contributed by atoms with Gasteiger partial charge in [0.25, 0.3) is 17.0 Å². The van der Waals surface area contributed by atoms with Gasteiger partial charge in [-0.25, -0.2) is 0 Å². The molecular weight excluding hydrogens is 712 g/mol. The van der Waals surface area contributed by atoms with Gasteiger partial charge in [-0.3, -0.25) is 28.2 Å². The lowest BCUT2D eigenvalue weighted by molar-refractivity contribution is -0.146. The number of aliphatic hydroxyl groups excluding tert-OH is 1. The largest absolute Gasteiger partial charge is 0.491 e. The van der Waals surface area contributed by atoms with Crippen LogP contribution in [-0.4, -0.2) is 70.5 Å². The van der Waals surface area contributed by atoms with E-state index in [0.717, 1.165) is 5.56 Å². The zero-order valence-electron chi connectivity index (χ0n) is 30.8. The van der Waals surface area contributed by atoms with Crippen LogP contribution in [0.15, 0.2) is 94.9 Å². The summed E-state index contributed by atoms with van der Waals surface area (Å²) in [5.74, 6) is -0.497. The van der Waals surface area contributed by atoms with Crippen LogP contribution < -0.4 is 25.5 Å². The summed E-state index contributed by atoms with van der Waals surface area (Å²) in [6.45, 7) is 5.69. The van der Waals surface area contributed by atoms with Crippen LogP contribution in [0, 0.1) is 5.92 Å². The molecular formula is C39H43FN6O7Si. The van der Waals surface area contributed by atoms with E-state index in [1.54, 1.807) is 89.8 Å². The summed E-state index contributed by atoms with van der Waals surface area (Å²) in [6.07, 6.45) is 5.17. The second kappa shape index (κ2) is 14.5. The highest BCUT2D eigenvalue weighted by Gasteiger charge is 2.66. The van der Waals surface area contributed by atoms with Crippen molar-refractivity contribution in [2.75, 3.05) is 25.7 Å². The molecule has 2 aromatic carbocycles. The lowest BCUT2D eigenvalue weighted by Crippen LogP contribution is -2.45. The van der Waals surface area contributed by atoms with Gasteiger partial charge in [-0.1, -0.05) is 24.3 Å². The summed E-state index contributed by atoms with van der Waals surface area (Å²) >= 11 is 0. The molecule has 1 spiro atoms. The number of carbonyl (C=O) groups is 1. The molecule has 54 heavy (non-hydrogen) atoms. The molecule has 282 valence electrons. The van der Waals surface area contributed by atoms with E-state index in [-0.39, 0.29) is 41.7 Å². The third-order valence-electron chi connectivity index (χ3n) is 10.6. The number of benzene rings is 2. The molecule has 2 aliphatic heterocycles. The first-order valence-electron chi connectivity index (χ1n) is 17.8. The topological polar surface area (TPSA) is 143 Å². The summed E-state index contributed by atoms with van der Waals surface area (Å²) < 4.78 is 38.6. The fourth-order valence-electron chi connectivity index (χ4n) is 8.16. The fourth-order valence-corrected chi connectivity index (χ4v) is 10.7. The molecule has 7 rings (SSSR count). The molecule has 0 unspecified atom stereocenters. The lowest BCUT2D eigenvalue weighted by atomic mass is 9.82. The van der Waals surface area contributed by atoms with Crippen LogP contribution in [0.5, 0.6) is 11.5 Å². The molecule has 1 saturated heterocycles. The van der Waals surface area contributed by atoms with E-state index >= 15 is 8.90 Å². The van der Waals surface area contributed by atoms with E-state index in [0.29, 0.717) is 47.7 Å². The second-order valence-electron chi connectivity index (χ2n) is 14.3. The van der Waals surface area contributed by atoms with Crippen LogP contribution in [0.1, 0.15) is 30.2 Å². The van der Waals surface area contributed by atoms with E-state index < -0.39 is 31.6 Å². The number of halogens is 1. The summed E-state index contributed by atoms with van der Waals surface area (Å²) in [4.78, 5) is 43.0. The lowest BCUT2D eigenvalue weighted by Gasteiger charge is -2.31. The molecule has 0 saturated carbocycles. The van der Waals surface area contributed by atoms with E-state index in [9.17, 15) is 14.7 Å². The maximum absolute atomic E-state index is 16.5. The van der Waals surface area contributed by atoms with Gasteiger partial charge < -0.3 is 28.3 Å². The Bertz CT molecular complexity index is 2300. The predicted molar refractivity (Wildman–Crippen MR) is 202 cm³/mol. The van der Waals surface area contributed by atoms with E-state index in [4.69, 9.17) is 14.2 Å². The Hall–Kier alpha value is -5.38. The van der Waals surface area contributed by atoms with Gasteiger partial charge in [0.2, 0.25) is 8.41 Å². The van der Waals surface area contributed by atoms with Gasteiger partial charge in [0.1, 0.15) is 0 Å². The first kappa shape index (κ1) is 37.0. The number of aliphatic hydroxyl groups is 1. The standard InChI is InChI=1S/C39H43FN6O7Si/c1-25-35(54(4,5)40)32(16-20-43-24-27(17-21-47)41-42-43)53-39(25)30-22-29(45-19-7-9-34(52-3)37(45)49)14-15-31(30)46(38(39)50)23-26-10-12-28(13-11-26)44-18-6-8-33(51-2)36(44)48/h6-15,18-19,22,24-25,32,35,47H,16-17,20-21,23H2,1-5H3/t25-,32+,35-,39+/m0/s1. The fraction of sp³-hybridized carbons (Fsp3) is 0.359. The highest BCUT2D eigenvalue weighted by atomic mass is 28.4. The molecule has 0 bridgehead atoms. The van der Waals surface area contributed by atoms with Gasteiger partial charge in [0.05, 0.1) is 38.2 Å². The number of hydrogen-bond donors (Lipinski definition) is 1. The normalized spacial score (nSPS) is 20.8. The Morgan fingerprint density at radius 2 is 1.56 bits per heavy atom. The second-order valence-corrected chi connectivity index (χ2v) is 18.1. The van der Waals surface area contributed by atoms with Crippen molar-refractivity contribution in [3.05, 3.63) is 123 Å². The monoisotopic (exact) mass is 754 g/mol. The highest BCUT2D eigenvalue weighted by Crippen LogP contribution is 2.60. The van der Waals surface area contributed by atoms with Crippen molar-refractivity contribution in [3.63, 3.8) is 0 Å². The summed E-state index contributed by atoms with van der Waals surface area (Å²) in [5, 5.41) is 17.6. The maximum Gasteiger partial charge on any atom is 0.297 e. The van der Waals surface area contributed by atoms with Crippen LogP contribution in [0.4, 0.5) is 9.80 Å². The van der Waals surface area contributed by atoms with E-state index in [2.05, 4.69) is 10.3 Å². The first-order chi connectivity index (χ1) is 25.9. The Morgan fingerprint density at radius 3 is 2.17 bits per heavy atom. The average molecular weight is 755 g/mol. The Kier molecular flexibility index (Phi) is 9.89. The number of fused-ring (bicyclic) bond motifs is 2. The van der Waals surface area contributed by atoms with Crippen LogP contribution in [0.25, 0.3) is 11.4 Å². The summed E-state index contributed by atoms with van der Waals surface area (Å²) in [5.41, 5.74) is 0.966. The smallest absolute Gasteiger partial charge is 0.297 e. The van der Waals surface area contributed by atoms with Crippen molar-refractivity contribution in [3.8, 4) is 22.9 Å². The average Bonchev–Trinajstić information content (AvgIpc) is 3.80. The molecule has 5 heterocycles. The highest BCUT2D eigenvalue weighted by molar-refractivity contribution is 6.72. The zero-order valence-corrected chi connectivity index (χ0v) is 31.8. The summed E-state index contributed by atoms with van der Waals surface area (Å²) in [6, 6.07) is 19.3. The molecule has 1 N–H and O–H groups in total. The molecule has 15 heteroatoms. The number of aromatic nitrogens is 5. The Balaban J connectivity index is 1.29. The van der Waals surface area contributed by atoms with Gasteiger partial charge in [-0.05, 0) is 79.7 Å². The minimum atomic E-state index is -3.47. The van der Waals surface area contributed by atoms with Crippen molar-refractivity contribution in [1.82, 2.24) is 24.1 Å². The van der Waals surface area contributed by atoms with E-state index in [1.807, 2.05) is 25.1 Å². The van der Waals surface area contributed by atoms with Crippen molar-refractivity contribution in [2.24, 2.45) is 5.92 Å². The number of carbonyl (C=O) groups excluding carboxylic acids is 1. The predicted octanol–water partition coefficient (Wildman–Crippen LogP) is 4.54. The van der Waals surface area contributed by atoms with Gasteiger partial charge >= 0.3 is 0 Å². The van der Waals surface area contributed by atoms with Gasteiger partial charge in [0, 0.05) is 66.6 Å². The molecule has 0 radical (unpaired) electrons. The number of anilines is 1. The molecule has 2 aliphatic rings. The van der Waals surface area contributed by atoms with Crippen LogP contribution in [0.3, 0.4) is 0 Å². The van der Waals surface area contributed by atoms with E-state index in [1.165, 1.54) is 23.4 Å². The molecule has 4 atom stereocenters. The van der Waals surface area contributed by atoms with Crippen molar-refractivity contribution >= 4 is 20.0 Å². The number of amides is 1. The number of pyridine rings is 2. The van der Waals surface area contributed by atoms with Crippen LogP contribution in [-0.2, 0) is 34.6 Å². The SMILES string of the molecule is COc1cccn(-c2ccc(CN3C(=O)[C@]4(O[C@H](CCn5cc(CCO)nn5)[C@@H]([Si](C)(C)F)[C@@H]4C)c4cc(-n5cccc(OC)c5=O)ccc43)cc2)c1=O. The van der Waals surface area contributed by atoms with Crippen LogP contribution >= 0.6 is 0 Å². The maximum atomic E-state index is 16.5. The number of rotatable bonds is 12. The van der Waals surface area contributed by atoms with Crippen LogP contribution in [0.2, 0.25) is 18.6 Å². The minimum Gasteiger partial charge on any atom is -0.491 e. The van der Waals surface area contributed by atoms with Gasteiger partial charge in [0.15, 0.2) is 17.1 Å². The Labute approximate surface area is 312 Å². The number of methoxy groups -OCH3 is 2. The molecule has 13 nitrogen and oxygen atoms in total. The third kappa shape index (κ3) is 6.35. The van der Waals surface area contributed by atoms with Crippen molar-refractivity contribution in [2.45, 2.75) is 63.2 Å². The zero-order chi connectivity index (χ0) is 38.4. The number of aryl methyl sites for hydroxylation is 1. The number of ether oxygens (including phenoxy) is 3. The first-order valence-corrected chi connectivity index (χ1v) is 20.8. The van der Waals surface area contributed by atoms with Gasteiger partial charge in [-0.15, -0.1) is 5.10 Å². The Morgan fingerprint density at radius 1 is 0.926 bits per heavy atom. The third-order valence-corrected chi connectivity index (χ3v) is 13.1. The molecule has 5 aromatic rings. The molecule has 1 amide bonds. The molecule has 0 aliphatic carbocycles. The quantitative estimate of drug-likeness (QED) is 0.144. The molecule has 3 aromatic heterocycles. The van der Waals surface area contributed by atoms with Gasteiger partial charge in [-0.2, -0.15) is 0 Å². The number of hydrogen-bond acceptors (Lipinski definition) is 9. The number of nitrogens with zero attached hydrogens (tertiary/aromatic N) is 6. The molecule has 1 fully saturated rings. The minimum absolute atomic E-state index is 0.0531.